The number of hydrogen-bond donors (Lipinski definition) is 2. The highest BCUT2D eigenvalue weighted by molar-refractivity contribution is 7.92. The first-order valence-corrected chi connectivity index (χ1v) is 12.1. The van der Waals surface area contributed by atoms with Crippen LogP contribution in [0.1, 0.15) is 46.2 Å². The predicted molar refractivity (Wildman–Crippen MR) is 116 cm³/mol. The number of halogens is 1. The summed E-state index contributed by atoms with van der Waals surface area (Å²) >= 11 is 0. The van der Waals surface area contributed by atoms with Crippen LogP contribution in [0, 0.1) is 17.7 Å². The van der Waals surface area contributed by atoms with Gasteiger partial charge >= 0.3 is 5.97 Å². The Balaban J connectivity index is 1.51. The van der Waals surface area contributed by atoms with Crippen LogP contribution in [0.15, 0.2) is 35.2 Å². The summed E-state index contributed by atoms with van der Waals surface area (Å²) in [7, 11) is -1.25. The van der Waals surface area contributed by atoms with Crippen molar-refractivity contribution >= 4 is 21.7 Å². The van der Waals surface area contributed by atoms with Crippen molar-refractivity contribution in [3.05, 3.63) is 52.8 Å². The van der Waals surface area contributed by atoms with E-state index >= 15 is 0 Å². The van der Waals surface area contributed by atoms with Crippen LogP contribution in [0.25, 0.3) is 0 Å². The van der Waals surface area contributed by atoms with Crippen LogP contribution in [-0.4, -0.2) is 46.6 Å². The number of fused-ring (bicyclic) bond motifs is 3. The van der Waals surface area contributed by atoms with Crippen molar-refractivity contribution in [2.45, 2.75) is 35.9 Å². The van der Waals surface area contributed by atoms with Crippen LogP contribution in [0.5, 0.6) is 5.75 Å². The number of rotatable bonds is 8. The Morgan fingerprint density at radius 3 is 2.61 bits per heavy atom. The van der Waals surface area contributed by atoms with E-state index in [-0.39, 0.29) is 39.6 Å². The molecule has 33 heavy (non-hydrogen) atoms. The largest absolute Gasteiger partial charge is 0.492 e. The molecule has 0 saturated heterocycles. The van der Waals surface area contributed by atoms with Gasteiger partial charge in [-0.3, -0.25) is 4.72 Å². The molecule has 2 saturated carbocycles. The maximum Gasteiger partial charge on any atom is 0.341 e. The molecule has 3 aliphatic rings. The van der Waals surface area contributed by atoms with Gasteiger partial charge in [0.05, 0.1) is 17.2 Å². The van der Waals surface area contributed by atoms with Crippen molar-refractivity contribution in [2.24, 2.45) is 11.8 Å². The molecule has 10 heteroatoms. The average molecular weight is 478 g/mol. The van der Waals surface area contributed by atoms with E-state index in [1.165, 1.54) is 32.4 Å². The van der Waals surface area contributed by atoms with Gasteiger partial charge in [-0.2, -0.15) is 0 Å². The molecule has 0 bridgehead atoms. The fourth-order valence-electron chi connectivity index (χ4n) is 4.92. The minimum atomic E-state index is -4.23. The lowest BCUT2D eigenvalue weighted by atomic mass is 10.0. The van der Waals surface area contributed by atoms with Crippen molar-refractivity contribution in [1.82, 2.24) is 0 Å². The highest BCUT2D eigenvalue weighted by Crippen LogP contribution is 2.56. The maximum atomic E-state index is 14.1. The van der Waals surface area contributed by atoms with Crippen LogP contribution in [-0.2, 0) is 19.5 Å². The molecule has 0 radical (unpaired) electrons. The van der Waals surface area contributed by atoms with Gasteiger partial charge in [0.1, 0.15) is 17.1 Å². The van der Waals surface area contributed by atoms with E-state index in [9.17, 15) is 22.7 Å². The standard InChI is InChI=1S/C23H24FNO7S/c1-30-23(31-2)17-9-15(17)16-8-12(24)3-6-19(16)33(28,29)25-18-5-4-13-14-7-11(14)10-32-21(13)20(18)22(26)27/h3-6,8,11,14-15,17,23,25H,7,9-10H2,1-2H3,(H,26,27)/t11-,14-,15?,17?/m0/s1. The number of anilines is 1. The number of nitrogens with one attached hydrogen (secondary N) is 1. The van der Waals surface area contributed by atoms with E-state index < -0.39 is 28.1 Å². The van der Waals surface area contributed by atoms with Crippen molar-refractivity contribution in [1.29, 1.82) is 0 Å². The molecule has 0 amide bonds. The quantitative estimate of drug-likeness (QED) is 0.560. The number of hydrogen-bond acceptors (Lipinski definition) is 6. The van der Waals surface area contributed by atoms with Crippen molar-refractivity contribution < 1.29 is 36.9 Å². The fourth-order valence-corrected chi connectivity index (χ4v) is 6.26. The molecule has 0 spiro atoms. The molecule has 1 heterocycles. The zero-order chi connectivity index (χ0) is 23.5. The summed E-state index contributed by atoms with van der Waals surface area (Å²) < 4.78 is 59.4. The molecule has 0 aromatic heterocycles. The first kappa shape index (κ1) is 22.1. The molecule has 2 N–H and O–H groups in total. The van der Waals surface area contributed by atoms with Crippen LogP contribution in [0.4, 0.5) is 10.1 Å². The van der Waals surface area contributed by atoms with Gasteiger partial charge in [0.15, 0.2) is 6.29 Å². The molecule has 176 valence electrons. The minimum absolute atomic E-state index is 0.0883. The second-order valence-electron chi connectivity index (χ2n) is 8.76. The predicted octanol–water partition coefficient (Wildman–Crippen LogP) is 3.54. The lowest BCUT2D eigenvalue weighted by Crippen LogP contribution is -2.20. The highest BCUT2D eigenvalue weighted by Gasteiger charge is 2.48. The number of methoxy groups -OCH3 is 2. The third-order valence-electron chi connectivity index (χ3n) is 6.72. The summed E-state index contributed by atoms with van der Waals surface area (Å²) in [5.74, 6) is -1.38. The molecule has 1 aliphatic heterocycles. The Hall–Kier alpha value is -2.69. The van der Waals surface area contributed by atoms with E-state index in [1.54, 1.807) is 6.07 Å². The molecule has 5 rings (SSSR count). The van der Waals surface area contributed by atoms with Crippen molar-refractivity contribution in [3.8, 4) is 5.75 Å². The Kier molecular flexibility index (Phi) is 5.34. The molecule has 2 aromatic carbocycles. The number of benzene rings is 2. The molecule has 2 fully saturated rings. The molecule has 4 atom stereocenters. The van der Waals surface area contributed by atoms with Crippen molar-refractivity contribution in [2.75, 3.05) is 25.5 Å². The summed E-state index contributed by atoms with van der Waals surface area (Å²) in [4.78, 5) is 11.9. The summed E-state index contributed by atoms with van der Waals surface area (Å²) in [6.45, 7) is 0.416. The molecule has 2 aromatic rings. The molecule has 2 aliphatic carbocycles. The molecule has 2 unspecified atom stereocenters. The number of carbonyl (C=O) groups is 1. The summed E-state index contributed by atoms with van der Waals surface area (Å²) in [6, 6.07) is 6.64. The third kappa shape index (κ3) is 3.85. The van der Waals surface area contributed by atoms with Crippen molar-refractivity contribution in [3.63, 3.8) is 0 Å². The van der Waals surface area contributed by atoms with Crippen LogP contribution in [0.3, 0.4) is 0 Å². The van der Waals surface area contributed by atoms with Gasteiger partial charge in [-0.05, 0) is 60.1 Å². The number of ether oxygens (including phenoxy) is 3. The van der Waals surface area contributed by atoms with E-state index in [4.69, 9.17) is 14.2 Å². The van der Waals surface area contributed by atoms with Gasteiger partial charge < -0.3 is 19.3 Å². The maximum absolute atomic E-state index is 14.1. The minimum Gasteiger partial charge on any atom is -0.492 e. The topological polar surface area (TPSA) is 111 Å². The number of carboxylic acids is 1. The Morgan fingerprint density at radius 2 is 1.91 bits per heavy atom. The summed E-state index contributed by atoms with van der Waals surface area (Å²) in [5, 5.41) is 9.84. The monoisotopic (exact) mass is 477 g/mol. The second kappa shape index (κ2) is 7.96. The van der Waals surface area contributed by atoms with E-state index in [0.717, 1.165) is 18.1 Å². The van der Waals surface area contributed by atoms with Gasteiger partial charge in [0.2, 0.25) is 0 Å². The van der Waals surface area contributed by atoms with Gasteiger partial charge in [-0.1, -0.05) is 6.07 Å². The zero-order valence-corrected chi connectivity index (χ0v) is 18.9. The lowest BCUT2D eigenvalue weighted by Gasteiger charge is -2.21. The lowest BCUT2D eigenvalue weighted by molar-refractivity contribution is -0.116. The highest BCUT2D eigenvalue weighted by atomic mass is 32.2. The first-order valence-electron chi connectivity index (χ1n) is 10.7. The van der Waals surface area contributed by atoms with E-state index in [0.29, 0.717) is 24.5 Å². The number of sulfonamides is 1. The Morgan fingerprint density at radius 1 is 1.15 bits per heavy atom. The fraction of sp³-hybridized carbons (Fsp3) is 0.435. The summed E-state index contributed by atoms with van der Waals surface area (Å²) in [5.41, 5.74) is 0.793. The number of carboxylic acid groups (broad SMARTS) is 1. The van der Waals surface area contributed by atoms with Gasteiger partial charge in [0.25, 0.3) is 10.0 Å². The second-order valence-corrected chi connectivity index (χ2v) is 10.4. The van der Waals surface area contributed by atoms with Gasteiger partial charge in [-0.25, -0.2) is 17.6 Å². The van der Waals surface area contributed by atoms with E-state index in [2.05, 4.69) is 4.72 Å². The smallest absolute Gasteiger partial charge is 0.341 e. The zero-order valence-electron chi connectivity index (χ0n) is 18.1. The van der Waals surface area contributed by atoms with E-state index in [1.807, 2.05) is 0 Å². The average Bonchev–Trinajstić information content (AvgIpc) is 3.68. The molecular formula is C23H24FNO7S. The summed E-state index contributed by atoms with van der Waals surface area (Å²) in [6.07, 6.45) is 0.973. The van der Waals surface area contributed by atoms with Crippen LogP contribution < -0.4 is 9.46 Å². The Bertz CT molecular complexity index is 1230. The number of aromatic carboxylic acids is 1. The first-order chi connectivity index (χ1) is 15.7. The molecular weight excluding hydrogens is 453 g/mol. The Labute approximate surface area is 190 Å². The third-order valence-corrected chi connectivity index (χ3v) is 8.16. The van der Waals surface area contributed by atoms with Gasteiger partial charge in [0, 0.05) is 26.1 Å². The molecule has 8 nitrogen and oxygen atoms in total. The normalized spacial score (nSPS) is 25.1. The SMILES string of the molecule is COC(OC)C1CC1c1cc(F)ccc1S(=O)(=O)Nc1ccc2c(c1C(=O)O)OC[C@@H]1C[C@H]21. The van der Waals surface area contributed by atoms with Crippen LogP contribution >= 0.6 is 0 Å². The van der Waals surface area contributed by atoms with Crippen LogP contribution in [0.2, 0.25) is 0 Å². The van der Waals surface area contributed by atoms with Gasteiger partial charge in [-0.15, -0.1) is 0 Å².